The third-order valence-electron chi connectivity index (χ3n) is 9.87. The standard InChI is InChI=1S/C27H39NO5/c1-6-9-28-13-18(5)32-23(14-28)33-26-12-20-17(4)7-8-21(20)25(15-29)11-19(26)10-22(16(2)3)27(25,26)24(30)31/h6,10,15-21,23H,1,7-9,11-14H2,2-5H3,(H,30,31)/t17-,18-,19-,20-,21-,23+,25+,26+,27+/m1/s1. The highest BCUT2D eigenvalue weighted by Crippen LogP contribution is 2.80. The van der Waals surface area contributed by atoms with Crippen molar-refractivity contribution in [2.75, 3.05) is 19.6 Å². The number of ether oxygens (including phenoxy) is 2. The van der Waals surface area contributed by atoms with Crippen LogP contribution in [0, 0.1) is 40.4 Å². The molecule has 4 aliphatic carbocycles. The predicted molar refractivity (Wildman–Crippen MR) is 124 cm³/mol. The number of rotatable bonds is 7. The predicted octanol–water partition coefficient (Wildman–Crippen LogP) is 3.91. The molecule has 1 heterocycles. The lowest BCUT2D eigenvalue weighted by Gasteiger charge is -2.58. The fraction of sp³-hybridized carbons (Fsp3) is 0.778. The molecular formula is C27H39NO5. The number of carboxylic acids is 1. The number of carbonyl (C=O) groups excluding carboxylic acids is 1. The van der Waals surface area contributed by atoms with E-state index in [0.717, 1.165) is 37.8 Å². The second kappa shape index (κ2) is 7.76. The summed E-state index contributed by atoms with van der Waals surface area (Å²) in [7, 11) is 0. The molecule has 0 aromatic carbocycles. The van der Waals surface area contributed by atoms with E-state index < -0.39 is 28.7 Å². The highest BCUT2D eigenvalue weighted by molar-refractivity contribution is 5.91. The number of carboxylic acid groups (broad SMARTS) is 1. The zero-order valence-electron chi connectivity index (χ0n) is 20.5. The van der Waals surface area contributed by atoms with Crippen molar-refractivity contribution in [1.29, 1.82) is 0 Å². The van der Waals surface area contributed by atoms with Crippen LogP contribution in [0.5, 0.6) is 0 Å². The van der Waals surface area contributed by atoms with Crippen LogP contribution in [-0.2, 0) is 19.1 Å². The molecule has 0 unspecified atom stereocenters. The Balaban J connectivity index is 1.64. The van der Waals surface area contributed by atoms with E-state index in [0.29, 0.717) is 31.2 Å². The Bertz CT molecular complexity index is 884. The second-order valence-electron chi connectivity index (χ2n) is 11.7. The zero-order chi connectivity index (χ0) is 23.8. The Morgan fingerprint density at radius 3 is 2.73 bits per heavy atom. The van der Waals surface area contributed by atoms with Gasteiger partial charge in [-0.1, -0.05) is 44.9 Å². The molecule has 0 aromatic heterocycles. The minimum absolute atomic E-state index is 0.0185. The molecule has 1 N–H and O–H groups in total. The number of aliphatic carboxylic acids is 1. The number of hydrogen-bond acceptors (Lipinski definition) is 5. The molecule has 6 nitrogen and oxygen atoms in total. The SMILES string of the molecule is C=CCN1C[C@H](O[C@@]23C[C@@H]4[C@H](C)CC[C@H]4[C@@]4(C=O)C[C@H]2C=C(C(C)C)[C@@]34C(=O)O)O[C@H](C)C1. The van der Waals surface area contributed by atoms with Crippen LogP contribution in [0.2, 0.25) is 0 Å². The van der Waals surface area contributed by atoms with E-state index in [1.807, 2.05) is 13.0 Å². The third-order valence-corrected chi connectivity index (χ3v) is 9.87. The highest BCUT2D eigenvalue weighted by atomic mass is 16.7. The molecule has 0 aromatic rings. The Kier molecular flexibility index (Phi) is 5.46. The van der Waals surface area contributed by atoms with Gasteiger partial charge in [-0.05, 0) is 49.9 Å². The van der Waals surface area contributed by atoms with Gasteiger partial charge in [-0.2, -0.15) is 0 Å². The molecular weight excluding hydrogens is 418 g/mol. The number of nitrogens with zero attached hydrogens (tertiary/aromatic N) is 1. The van der Waals surface area contributed by atoms with E-state index in [-0.39, 0.29) is 23.9 Å². The quantitative estimate of drug-likeness (QED) is 0.461. The van der Waals surface area contributed by atoms with Crippen LogP contribution >= 0.6 is 0 Å². The average molecular weight is 458 g/mol. The van der Waals surface area contributed by atoms with Crippen LogP contribution in [0.1, 0.15) is 53.4 Å². The molecule has 6 heteroatoms. The summed E-state index contributed by atoms with van der Waals surface area (Å²) in [5, 5.41) is 11.0. The molecule has 3 saturated carbocycles. The summed E-state index contributed by atoms with van der Waals surface area (Å²) >= 11 is 0. The van der Waals surface area contributed by atoms with Crippen molar-refractivity contribution in [3.8, 4) is 0 Å². The molecule has 0 radical (unpaired) electrons. The van der Waals surface area contributed by atoms with E-state index in [2.05, 4.69) is 38.3 Å². The number of carbonyl (C=O) groups is 2. The maximum atomic E-state index is 13.5. The van der Waals surface area contributed by atoms with Gasteiger partial charge in [0.25, 0.3) is 0 Å². The van der Waals surface area contributed by atoms with Gasteiger partial charge in [0.15, 0.2) is 6.29 Å². The Hall–Kier alpha value is -1.50. The first-order chi connectivity index (χ1) is 15.7. The van der Waals surface area contributed by atoms with Gasteiger partial charge in [-0.15, -0.1) is 6.58 Å². The Morgan fingerprint density at radius 1 is 1.33 bits per heavy atom. The summed E-state index contributed by atoms with van der Waals surface area (Å²) in [4.78, 5) is 28.8. The van der Waals surface area contributed by atoms with Gasteiger partial charge in [0.1, 0.15) is 11.7 Å². The van der Waals surface area contributed by atoms with Gasteiger partial charge in [0.2, 0.25) is 0 Å². The lowest BCUT2D eigenvalue weighted by Crippen LogP contribution is -2.67. The zero-order valence-corrected chi connectivity index (χ0v) is 20.5. The molecule has 5 aliphatic rings. The van der Waals surface area contributed by atoms with Crippen molar-refractivity contribution in [2.45, 2.75) is 71.4 Å². The van der Waals surface area contributed by atoms with Crippen molar-refractivity contribution in [1.82, 2.24) is 4.90 Å². The van der Waals surface area contributed by atoms with Gasteiger partial charge in [-0.3, -0.25) is 9.69 Å². The smallest absolute Gasteiger partial charge is 0.317 e. The van der Waals surface area contributed by atoms with Gasteiger partial charge in [0, 0.05) is 25.6 Å². The highest BCUT2D eigenvalue weighted by Gasteiger charge is 2.85. The van der Waals surface area contributed by atoms with Crippen LogP contribution in [0.15, 0.2) is 24.3 Å². The topological polar surface area (TPSA) is 76.1 Å². The van der Waals surface area contributed by atoms with E-state index in [1.54, 1.807) is 0 Å². The van der Waals surface area contributed by atoms with Crippen LogP contribution in [0.3, 0.4) is 0 Å². The summed E-state index contributed by atoms with van der Waals surface area (Å²) in [6.07, 6.45) is 7.79. The van der Waals surface area contributed by atoms with Crippen LogP contribution in [-0.4, -0.2) is 59.9 Å². The molecule has 5 rings (SSSR count). The summed E-state index contributed by atoms with van der Waals surface area (Å²) < 4.78 is 13.2. The minimum atomic E-state index is -1.32. The molecule has 182 valence electrons. The van der Waals surface area contributed by atoms with Crippen molar-refractivity contribution < 1.29 is 24.2 Å². The van der Waals surface area contributed by atoms with Crippen LogP contribution < -0.4 is 0 Å². The lowest BCUT2D eigenvalue weighted by atomic mass is 9.45. The molecule has 0 spiro atoms. The minimum Gasteiger partial charge on any atom is -0.480 e. The number of hydrogen-bond donors (Lipinski definition) is 1. The molecule has 4 fully saturated rings. The molecule has 1 aliphatic heterocycles. The summed E-state index contributed by atoms with van der Waals surface area (Å²) in [5.41, 5.74) is -2.28. The third kappa shape index (κ3) is 2.77. The molecule has 1 saturated heterocycles. The summed E-state index contributed by atoms with van der Waals surface area (Å²) in [6, 6.07) is 0. The summed E-state index contributed by atoms with van der Waals surface area (Å²) in [5.74, 6) is -0.0619. The fourth-order valence-corrected chi connectivity index (χ4v) is 8.94. The van der Waals surface area contributed by atoms with Gasteiger partial charge in [0.05, 0.1) is 17.1 Å². The maximum Gasteiger partial charge on any atom is 0.317 e. The van der Waals surface area contributed by atoms with Crippen LogP contribution in [0.4, 0.5) is 0 Å². The number of morpholine rings is 1. The van der Waals surface area contributed by atoms with Crippen LogP contribution in [0.25, 0.3) is 0 Å². The van der Waals surface area contributed by atoms with Crippen molar-refractivity contribution in [3.05, 3.63) is 24.3 Å². The molecule has 33 heavy (non-hydrogen) atoms. The number of aldehydes is 1. The van der Waals surface area contributed by atoms with E-state index in [4.69, 9.17) is 9.47 Å². The second-order valence-corrected chi connectivity index (χ2v) is 11.7. The van der Waals surface area contributed by atoms with Crippen molar-refractivity contribution in [2.24, 2.45) is 40.4 Å². The van der Waals surface area contributed by atoms with Crippen molar-refractivity contribution >= 4 is 12.3 Å². The van der Waals surface area contributed by atoms with Gasteiger partial charge in [-0.25, -0.2) is 0 Å². The first kappa shape index (κ1) is 23.3. The maximum absolute atomic E-state index is 13.5. The monoisotopic (exact) mass is 457 g/mol. The van der Waals surface area contributed by atoms with E-state index in [9.17, 15) is 14.7 Å². The Labute approximate surface area is 197 Å². The van der Waals surface area contributed by atoms with Gasteiger partial charge < -0.3 is 19.4 Å². The lowest BCUT2D eigenvalue weighted by molar-refractivity contribution is -0.292. The van der Waals surface area contributed by atoms with E-state index >= 15 is 0 Å². The normalized spacial score (nSPS) is 48.6. The first-order valence-electron chi connectivity index (χ1n) is 12.7. The largest absolute Gasteiger partial charge is 0.480 e. The first-order valence-corrected chi connectivity index (χ1v) is 12.7. The molecule has 9 atom stereocenters. The van der Waals surface area contributed by atoms with Gasteiger partial charge >= 0.3 is 5.97 Å². The summed E-state index contributed by atoms with van der Waals surface area (Å²) in [6.45, 7) is 14.4. The van der Waals surface area contributed by atoms with E-state index in [1.165, 1.54) is 0 Å². The fourth-order valence-electron chi connectivity index (χ4n) is 8.94. The molecule has 4 bridgehead atoms. The Morgan fingerprint density at radius 2 is 2.09 bits per heavy atom. The molecule has 0 amide bonds. The number of fused-ring (bicyclic) bond motifs is 2. The average Bonchev–Trinajstić information content (AvgIpc) is 3.30. The van der Waals surface area contributed by atoms with Crippen molar-refractivity contribution in [3.63, 3.8) is 0 Å².